The van der Waals surface area contributed by atoms with Crippen molar-refractivity contribution in [1.29, 1.82) is 0 Å². The highest BCUT2D eigenvalue weighted by molar-refractivity contribution is 6.34. The second-order valence-corrected chi connectivity index (χ2v) is 5.83. The van der Waals surface area contributed by atoms with Gasteiger partial charge in [-0.05, 0) is 36.4 Å². The van der Waals surface area contributed by atoms with Gasteiger partial charge < -0.3 is 15.8 Å². The van der Waals surface area contributed by atoms with Crippen LogP contribution in [0.1, 0.15) is 10.4 Å². The summed E-state index contributed by atoms with van der Waals surface area (Å²) < 4.78 is 5.65. The van der Waals surface area contributed by atoms with Crippen LogP contribution in [0.25, 0.3) is 0 Å². The van der Waals surface area contributed by atoms with Gasteiger partial charge in [0, 0.05) is 22.2 Å². The summed E-state index contributed by atoms with van der Waals surface area (Å²) in [6.45, 7) is -0.0917. The molecule has 0 heterocycles. The topological polar surface area (TPSA) is 105 Å². The van der Waals surface area contributed by atoms with Gasteiger partial charge in [0.1, 0.15) is 11.5 Å². The molecule has 0 saturated heterocycles. The second-order valence-electron chi connectivity index (χ2n) is 4.95. The van der Waals surface area contributed by atoms with E-state index >= 15 is 0 Å². The minimum atomic E-state index is -0.996. The smallest absolute Gasteiger partial charge is 0.338 e. The maximum Gasteiger partial charge on any atom is 0.338 e. The molecule has 0 fully saturated rings. The first-order valence-electron chi connectivity index (χ1n) is 7.13. The number of urea groups is 1. The van der Waals surface area contributed by atoms with Crippen molar-refractivity contribution >= 4 is 35.1 Å². The molecule has 0 aliphatic rings. The Morgan fingerprint density at radius 3 is 2.44 bits per heavy atom. The fraction of sp³-hybridized carbons (Fsp3) is 0.125. The number of nitrogens with two attached hydrogens (primary N) is 1. The number of rotatable bonds is 6. The summed E-state index contributed by atoms with van der Waals surface area (Å²) in [5, 5.41) is 12.8. The highest BCUT2D eigenvalue weighted by Gasteiger charge is 2.10. The van der Waals surface area contributed by atoms with Crippen LogP contribution < -0.4 is 15.8 Å². The largest absolute Gasteiger partial charge is 0.457 e. The normalized spacial score (nSPS) is 10.2. The molecule has 2 aromatic rings. The van der Waals surface area contributed by atoms with E-state index in [1.807, 2.05) is 0 Å². The number of nitrogens with one attached hydrogen (secondary N) is 1. The van der Waals surface area contributed by atoms with Gasteiger partial charge in [-0.1, -0.05) is 29.3 Å². The van der Waals surface area contributed by atoms with E-state index in [-0.39, 0.29) is 13.1 Å². The van der Waals surface area contributed by atoms with Gasteiger partial charge >= 0.3 is 6.03 Å². The van der Waals surface area contributed by atoms with E-state index in [0.717, 1.165) is 0 Å². The highest BCUT2D eigenvalue weighted by atomic mass is 35.5. The van der Waals surface area contributed by atoms with Gasteiger partial charge in [0.15, 0.2) is 0 Å². The van der Waals surface area contributed by atoms with Crippen LogP contribution in [-0.4, -0.2) is 35.3 Å². The maximum atomic E-state index is 12.1. The molecule has 2 rings (SSSR count). The molecule has 0 radical (unpaired) electrons. The minimum Gasteiger partial charge on any atom is -0.457 e. The van der Waals surface area contributed by atoms with Gasteiger partial charge in [-0.2, -0.15) is 0 Å². The summed E-state index contributed by atoms with van der Waals surface area (Å²) in [7, 11) is 0. The molecule has 7 nitrogen and oxygen atoms in total. The van der Waals surface area contributed by atoms with Crippen LogP contribution in [0.5, 0.6) is 11.5 Å². The molecule has 25 heavy (non-hydrogen) atoms. The number of nitrogens with zero attached hydrogens (tertiary/aromatic N) is 1. The van der Waals surface area contributed by atoms with Crippen molar-refractivity contribution in [2.24, 2.45) is 5.73 Å². The molecule has 0 aliphatic heterocycles. The lowest BCUT2D eigenvalue weighted by molar-refractivity contribution is -0.0376. The van der Waals surface area contributed by atoms with Crippen molar-refractivity contribution in [2.75, 3.05) is 13.1 Å². The van der Waals surface area contributed by atoms with Gasteiger partial charge in [-0.25, -0.2) is 9.86 Å². The first-order chi connectivity index (χ1) is 11.8. The number of carbonyl (C=O) groups excluding carboxylic acids is 2. The van der Waals surface area contributed by atoms with E-state index < -0.39 is 11.9 Å². The third-order valence-electron chi connectivity index (χ3n) is 3.03. The molecular formula is C16H15Cl2N3O4. The summed E-state index contributed by atoms with van der Waals surface area (Å²) in [6, 6.07) is 10.2. The number of hydroxylamine groups is 2. The van der Waals surface area contributed by atoms with E-state index in [4.69, 9.17) is 38.9 Å². The SMILES string of the molecule is NC(=O)N(O)CCNC(=O)c1cccc(Oc2cc(Cl)cc(Cl)c2)c1. The number of hydrogen-bond acceptors (Lipinski definition) is 4. The van der Waals surface area contributed by atoms with Crippen LogP contribution in [0.3, 0.4) is 0 Å². The number of ether oxygens (including phenoxy) is 1. The van der Waals surface area contributed by atoms with Crippen LogP contribution in [0, 0.1) is 0 Å². The monoisotopic (exact) mass is 383 g/mol. The zero-order valence-corrected chi connectivity index (χ0v) is 14.4. The zero-order valence-electron chi connectivity index (χ0n) is 12.9. The molecule has 0 saturated carbocycles. The van der Waals surface area contributed by atoms with Crippen LogP contribution in [0.15, 0.2) is 42.5 Å². The van der Waals surface area contributed by atoms with Crippen LogP contribution in [0.2, 0.25) is 10.0 Å². The Kier molecular flexibility index (Phi) is 6.46. The summed E-state index contributed by atoms with van der Waals surface area (Å²) in [5.74, 6) is 0.465. The average molecular weight is 384 g/mol. The Bertz CT molecular complexity index is 765. The molecule has 4 N–H and O–H groups in total. The van der Waals surface area contributed by atoms with Gasteiger partial charge in [0.2, 0.25) is 0 Å². The van der Waals surface area contributed by atoms with Crippen molar-refractivity contribution in [1.82, 2.24) is 10.4 Å². The Morgan fingerprint density at radius 2 is 1.80 bits per heavy atom. The van der Waals surface area contributed by atoms with E-state index in [1.165, 1.54) is 6.07 Å². The first kappa shape index (κ1) is 18.9. The minimum absolute atomic E-state index is 0.0350. The molecule has 2 aromatic carbocycles. The van der Waals surface area contributed by atoms with Crippen LogP contribution in [-0.2, 0) is 0 Å². The lowest BCUT2D eigenvalue weighted by Gasteiger charge is -2.12. The molecule has 3 amide bonds. The third kappa shape index (κ3) is 5.82. The fourth-order valence-electron chi connectivity index (χ4n) is 1.91. The number of carbonyl (C=O) groups is 2. The Labute approximate surface area is 153 Å². The summed E-state index contributed by atoms with van der Waals surface area (Å²) in [6.07, 6.45) is 0. The van der Waals surface area contributed by atoms with Crippen LogP contribution in [0.4, 0.5) is 4.79 Å². The molecule has 132 valence electrons. The quantitative estimate of drug-likeness (QED) is 0.525. The van der Waals surface area contributed by atoms with Crippen molar-refractivity contribution in [3.63, 3.8) is 0 Å². The van der Waals surface area contributed by atoms with E-state index in [2.05, 4.69) is 5.32 Å². The van der Waals surface area contributed by atoms with Gasteiger partial charge in [-0.15, -0.1) is 0 Å². The standard InChI is InChI=1S/C16H15Cl2N3O4/c17-11-7-12(18)9-14(8-11)25-13-3-1-2-10(6-13)15(22)20-4-5-21(24)16(19)23/h1-3,6-9,24H,4-5H2,(H2,19,23)(H,20,22). The van der Waals surface area contributed by atoms with Gasteiger partial charge in [0.05, 0.1) is 6.54 Å². The van der Waals surface area contributed by atoms with Crippen LogP contribution >= 0.6 is 23.2 Å². The van der Waals surface area contributed by atoms with Crippen molar-refractivity contribution in [3.05, 3.63) is 58.1 Å². The van der Waals surface area contributed by atoms with Gasteiger partial charge in [0.25, 0.3) is 5.91 Å². The van der Waals surface area contributed by atoms with Crippen molar-refractivity contribution in [3.8, 4) is 11.5 Å². The molecular weight excluding hydrogens is 369 g/mol. The molecule has 9 heteroatoms. The fourth-order valence-corrected chi connectivity index (χ4v) is 2.42. The number of halogens is 2. The Hall–Kier alpha value is -2.48. The lowest BCUT2D eigenvalue weighted by Crippen LogP contribution is -2.39. The Morgan fingerprint density at radius 1 is 1.12 bits per heavy atom. The average Bonchev–Trinajstić information content (AvgIpc) is 2.53. The number of amides is 3. The highest BCUT2D eigenvalue weighted by Crippen LogP contribution is 2.28. The molecule has 0 spiro atoms. The van der Waals surface area contributed by atoms with Gasteiger partial charge in [-0.3, -0.25) is 10.0 Å². The maximum absolute atomic E-state index is 12.1. The molecule has 0 unspecified atom stereocenters. The third-order valence-corrected chi connectivity index (χ3v) is 3.47. The predicted octanol–water partition coefficient (Wildman–Crippen LogP) is 3.29. The second kappa shape index (κ2) is 8.57. The Balaban J connectivity index is 2.00. The summed E-state index contributed by atoms with van der Waals surface area (Å²) >= 11 is 11.8. The number of hydrogen-bond donors (Lipinski definition) is 3. The molecule has 0 aromatic heterocycles. The predicted molar refractivity (Wildman–Crippen MR) is 93.4 cm³/mol. The van der Waals surface area contributed by atoms with Crippen molar-refractivity contribution < 1.29 is 19.5 Å². The van der Waals surface area contributed by atoms with Crippen molar-refractivity contribution in [2.45, 2.75) is 0 Å². The first-order valence-corrected chi connectivity index (χ1v) is 7.89. The van der Waals surface area contributed by atoms with E-state index in [9.17, 15) is 9.59 Å². The summed E-state index contributed by atoms with van der Waals surface area (Å²) in [5.41, 5.74) is 5.21. The van der Waals surface area contributed by atoms with E-state index in [1.54, 1.807) is 36.4 Å². The van der Waals surface area contributed by atoms with E-state index in [0.29, 0.717) is 32.2 Å². The zero-order chi connectivity index (χ0) is 18.4. The lowest BCUT2D eigenvalue weighted by atomic mass is 10.2. The molecule has 0 atom stereocenters. The summed E-state index contributed by atoms with van der Waals surface area (Å²) in [4.78, 5) is 22.7. The molecule has 0 aliphatic carbocycles. The number of primary amides is 1. The number of benzene rings is 2. The molecule has 0 bridgehead atoms.